The van der Waals surface area contributed by atoms with E-state index in [2.05, 4.69) is 46.7 Å². The highest BCUT2D eigenvalue weighted by Crippen LogP contribution is 2.36. The summed E-state index contributed by atoms with van der Waals surface area (Å²) in [7, 11) is 6.78. The van der Waals surface area contributed by atoms with Crippen molar-refractivity contribution in [3.8, 4) is 11.1 Å². The Morgan fingerprint density at radius 3 is 2.69 bits per heavy atom. The van der Waals surface area contributed by atoms with Crippen LogP contribution in [0.3, 0.4) is 0 Å². The van der Waals surface area contributed by atoms with Crippen LogP contribution in [-0.4, -0.2) is 46.4 Å². The van der Waals surface area contributed by atoms with Crippen LogP contribution in [0, 0.1) is 0 Å². The van der Waals surface area contributed by atoms with Gasteiger partial charge in [0.1, 0.15) is 0 Å². The monoisotopic (exact) mass is 435 g/mol. The molecular weight excluding hydrogens is 406 g/mol. The number of benzene rings is 1. The largest absolute Gasteiger partial charge is 0.363 e. The number of hydrogen-bond donors (Lipinski definition) is 2. The summed E-state index contributed by atoms with van der Waals surface area (Å²) in [5, 5.41) is 11.1. The maximum atomic E-state index is 12.4. The second-order valence-corrected chi connectivity index (χ2v) is 7.89. The lowest BCUT2D eigenvalue weighted by molar-refractivity contribution is -0.0914. The van der Waals surface area contributed by atoms with E-state index in [1.54, 1.807) is 37.4 Å². The van der Waals surface area contributed by atoms with Gasteiger partial charge in [-0.05, 0) is 36.6 Å². The molecule has 0 bridgehead atoms. The van der Waals surface area contributed by atoms with E-state index in [4.69, 9.17) is 9.47 Å². The number of ether oxygens (including phenoxy) is 2. The third-order valence-electron chi connectivity index (χ3n) is 5.82. The van der Waals surface area contributed by atoms with E-state index in [0.29, 0.717) is 12.4 Å². The number of anilines is 1. The van der Waals surface area contributed by atoms with Crippen LogP contribution < -0.4 is 11.0 Å². The molecule has 168 valence electrons. The minimum atomic E-state index is -0.399. The quantitative estimate of drug-likeness (QED) is 0.554. The molecule has 0 amide bonds. The first-order valence-corrected chi connectivity index (χ1v) is 10.5. The zero-order valence-corrected chi connectivity index (χ0v) is 19.1. The Morgan fingerprint density at radius 2 is 1.94 bits per heavy atom. The van der Waals surface area contributed by atoms with E-state index in [9.17, 15) is 4.79 Å². The molecular formula is C24H29N5O3. The number of nitrogens with one attached hydrogen (secondary N) is 2. The first-order valence-electron chi connectivity index (χ1n) is 10.5. The molecule has 3 aromatic rings. The number of rotatable bonds is 7. The molecule has 0 radical (unpaired) electrons. The molecule has 2 aromatic heterocycles. The summed E-state index contributed by atoms with van der Waals surface area (Å²) in [6, 6.07) is 6.04. The molecule has 0 saturated heterocycles. The molecule has 8 heteroatoms. The molecule has 1 aliphatic carbocycles. The average Bonchev–Trinajstić information content (AvgIpc) is 3.21. The zero-order chi connectivity index (χ0) is 22.8. The van der Waals surface area contributed by atoms with Gasteiger partial charge in [-0.2, -0.15) is 5.10 Å². The Labute approximate surface area is 186 Å². The van der Waals surface area contributed by atoms with Gasteiger partial charge in [0.15, 0.2) is 12.1 Å². The van der Waals surface area contributed by atoms with Crippen molar-refractivity contribution < 1.29 is 9.47 Å². The van der Waals surface area contributed by atoms with Crippen molar-refractivity contribution >= 4 is 22.4 Å². The molecule has 4 rings (SSSR count). The standard InChI is InChI=1S/C24H29N5O3/c1-15-8-6-7-9-17(12-15)22-21(23(27-26-22)25-14-20(31-4)32-5)16-10-11-18-19(13-16)29(3)24(30)28(18)2/h6,8-13,20H,7,14H2,1-5H3,(H2,25,26,27). The highest BCUT2D eigenvalue weighted by Gasteiger charge is 2.20. The van der Waals surface area contributed by atoms with Crippen molar-refractivity contribution in [2.45, 2.75) is 19.6 Å². The lowest BCUT2D eigenvalue weighted by Crippen LogP contribution is -2.23. The van der Waals surface area contributed by atoms with Gasteiger partial charge in [-0.15, -0.1) is 0 Å². The van der Waals surface area contributed by atoms with Gasteiger partial charge in [0.2, 0.25) is 0 Å². The molecule has 32 heavy (non-hydrogen) atoms. The smallest absolute Gasteiger partial charge is 0.328 e. The van der Waals surface area contributed by atoms with Gasteiger partial charge < -0.3 is 14.8 Å². The second-order valence-electron chi connectivity index (χ2n) is 7.89. The maximum absolute atomic E-state index is 12.4. The van der Waals surface area contributed by atoms with E-state index in [1.807, 2.05) is 18.2 Å². The summed E-state index contributed by atoms with van der Waals surface area (Å²) in [4.78, 5) is 12.4. The van der Waals surface area contributed by atoms with E-state index in [1.165, 1.54) is 5.57 Å². The molecule has 0 saturated carbocycles. The Bertz CT molecular complexity index is 1280. The number of hydrogen-bond acceptors (Lipinski definition) is 5. The minimum Gasteiger partial charge on any atom is -0.363 e. The molecule has 8 nitrogen and oxygen atoms in total. The van der Waals surface area contributed by atoms with E-state index >= 15 is 0 Å². The molecule has 2 N–H and O–H groups in total. The molecule has 0 aliphatic heterocycles. The third kappa shape index (κ3) is 3.94. The van der Waals surface area contributed by atoms with E-state index in [0.717, 1.165) is 39.8 Å². The lowest BCUT2D eigenvalue weighted by atomic mass is 9.98. The number of allylic oxidation sites excluding steroid dienone is 6. The van der Waals surface area contributed by atoms with Crippen molar-refractivity contribution in [3.05, 3.63) is 64.3 Å². The summed E-state index contributed by atoms with van der Waals surface area (Å²) in [6.07, 6.45) is 9.02. The zero-order valence-electron chi connectivity index (χ0n) is 19.1. The van der Waals surface area contributed by atoms with Crippen molar-refractivity contribution in [2.24, 2.45) is 14.1 Å². The fourth-order valence-electron chi connectivity index (χ4n) is 4.04. The van der Waals surface area contributed by atoms with Crippen LogP contribution in [0.2, 0.25) is 0 Å². The molecule has 1 aliphatic rings. The summed E-state index contributed by atoms with van der Waals surface area (Å²) in [6.45, 7) is 2.52. The Balaban J connectivity index is 1.86. The van der Waals surface area contributed by atoms with E-state index in [-0.39, 0.29) is 5.69 Å². The lowest BCUT2D eigenvalue weighted by Gasteiger charge is -2.15. The summed E-state index contributed by atoms with van der Waals surface area (Å²) < 4.78 is 14.0. The van der Waals surface area contributed by atoms with Crippen LogP contribution in [0.1, 0.15) is 19.0 Å². The SMILES string of the molecule is COC(CNc1n[nH]c(C2=CCC=CC(C)=C2)c1-c1ccc2c(c1)n(C)c(=O)n2C)OC. The predicted molar refractivity (Wildman–Crippen MR) is 128 cm³/mol. The van der Waals surface area contributed by atoms with E-state index < -0.39 is 6.29 Å². The van der Waals surface area contributed by atoms with Gasteiger partial charge in [-0.25, -0.2) is 4.79 Å². The Hall–Kier alpha value is -3.36. The first kappa shape index (κ1) is 21.9. The maximum Gasteiger partial charge on any atom is 0.328 e. The van der Waals surface area contributed by atoms with Gasteiger partial charge in [-0.1, -0.05) is 35.9 Å². The van der Waals surface area contributed by atoms with Crippen LogP contribution in [0.15, 0.2) is 52.9 Å². The van der Waals surface area contributed by atoms with Crippen LogP contribution in [0.4, 0.5) is 5.82 Å². The average molecular weight is 436 g/mol. The van der Waals surface area contributed by atoms with Gasteiger partial charge in [0.05, 0.1) is 28.8 Å². The number of aryl methyl sites for hydroxylation is 2. The first-order chi connectivity index (χ1) is 15.4. The van der Waals surface area contributed by atoms with Crippen LogP contribution in [-0.2, 0) is 23.6 Å². The summed E-state index contributed by atoms with van der Waals surface area (Å²) in [5.41, 5.74) is 6.75. The molecule has 1 aromatic carbocycles. The third-order valence-corrected chi connectivity index (χ3v) is 5.82. The number of imidazole rings is 1. The number of H-pyrrole nitrogens is 1. The normalized spacial score (nSPS) is 14.1. The van der Waals surface area contributed by atoms with Gasteiger partial charge in [0.25, 0.3) is 0 Å². The predicted octanol–water partition coefficient (Wildman–Crippen LogP) is 3.59. The van der Waals surface area contributed by atoms with Crippen molar-refractivity contribution in [1.82, 2.24) is 19.3 Å². The Kier molecular flexibility index (Phi) is 6.16. The van der Waals surface area contributed by atoms with Crippen molar-refractivity contribution in [1.29, 1.82) is 0 Å². The number of aromatic amines is 1. The number of aromatic nitrogens is 4. The molecule has 0 unspecified atom stereocenters. The minimum absolute atomic E-state index is 0.0537. The van der Waals surface area contributed by atoms with Gasteiger partial charge in [0, 0.05) is 28.3 Å². The van der Waals surface area contributed by atoms with Gasteiger partial charge >= 0.3 is 5.69 Å². The molecule has 0 fully saturated rings. The van der Waals surface area contributed by atoms with Gasteiger partial charge in [-0.3, -0.25) is 14.2 Å². The highest BCUT2D eigenvalue weighted by atomic mass is 16.7. The second kappa shape index (κ2) is 9.02. The van der Waals surface area contributed by atoms with Crippen LogP contribution in [0.5, 0.6) is 0 Å². The molecule has 0 spiro atoms. The van der Waals surface area contributed by atoms with Crippen LogP contribution in [0.25, 0.3) is 27.7 Å². The number of fused-ring (bicyclic) bond motifs is 1. The fourth-order valence-corrected chi connectivity index (χ4v) is 4.04. The fraction of sp³-hybridized carbons (Fsp3) is 0.333. The number of methoxy groups -OCH3 is 2. The Morgan fingerprint density at radius 1 is 1.19 bits per heavy atom. The van der Waals surface area contributed by atoms with Crippen molar-refractivity contribution in [3.63, 3.8) is 0 Å². The molecule has 2 heterocycles. The van der Waals surface area contributed by atoms with Crippen molar-refractivity contribution in [2.75, 3.05) is 26.1 Å². The topological polar surface area (TPSA) is 86.1 Å². The highest BCUT2D eigenvalue weighted by molar-refractivity contribution is 5.93. The molecule has 0 atom stereocenters. The summed E-state index contributed by atoms with van der Waals surface area (Å²) in [5.74, 6) is 0.698. The number of nitrogens with zero attached hydrogens (tertiary/aromatic N) is 3. The van der Waals surface area contributed by atoms with Crippen LogP contribution >= 0.6 is 0 Å². The summed E-state index contributed by atoms with van der Waals surface area (Å²) >= 11 is 0.